The van der Waals surface area contributed by atoms with Gasteiger partial charge in [-0.05, 0) is 55.4 Å². The van der Waals surface area contributed by atoms with Gasteiger partial charge in [-0.1, -0.05) is 13.8 Å². The minimum Gasteiger partial charge on any atom is -0.379 e. The van der Waals surface area contributed by atoms with Crippen LogP contribution in [0.1, 0.15) is 50.7 Å². The maximum Gasteiger partial charge on any atom is 0.416 e. The Kier molecular flexibility index (Phi) is 7.27. The Bertz CT molecular complexity index is 1060. The highest BCUT2D eigenvalue weighted by Gasteiger charge is 2.51. The third-order valence-corrected chi connectivity index (χ3v) is 9.55. The number of sulfone groups is 1. The van der Waals surface area contributed by atoms with Crippen LogP contribution in [0.5, 0.6) is 0 Å². The van der Waals surface area contributed by atoms with Crippen molar-refractivity contribution in [3.8, 4) is 0 Å². The number of alkyl halides is 3. The monoisotopic (exact) mass is 518 g/mol. The van der Waals surface area contributed by atoms with Gasteiger partial charge in [0, 0.05) is 32.3 Å². The predicted molar refractivity (Wildman–Crippen MR) is 122 cm³/mol. The summed E-state index contributed by atoms with van der Waals surface area (Å²) in [5, 5.41) is 3.62. The molecule has 196 valence electrons. The molecule has 1 amide bonds. The molecular weight excluding hydrogens is 485 g/mol. The van der Waals surface area contributed by atoms with Gasteiger partial charge in [-0.15, -0.1) is 0 Å². The van der Waals surface area contributed by atoms with Crippen molar-refractivity contribution < 1.29 is 35.9 Å². The van der Waals surface area contributed by atoms with E-state index >= 15 is 0 Å². The minimum absolute atomic E-state index is 0.0103. The van der Waals surface area contributed by atoms with Gasteiger partial charge in [0.2, 0.25) is 5.91 Å². The van der Waals surface area contributed by atoms with Gasteiger partial charge in [0.05, 0.1) is 28.6 Å². The molecule has 1 N–H and O–H groups in total. The van der Waals surface area contributed by atoms with Crippen LogP contribution in [-0.2, 0) is 36.8 Å². The molecule has 7 nitrogen and oxygen atoms in total. The second kappa shape index (κ2) is 9.64. The van der Waals surface area contributed by atoms with Gasteiger partial charge in [-0.3, -0.25) is 4.79 Å². The Balaban J connectivity index is 1.56. The molecule has 0 spiro atoms. The van der Waals surface area contributed by atoms with Crippen LogP contribution in [0.4, 0.5) is 13.2 Å². The summed E-state index contributed by atoms with van der Waals surface area (Å²) in [6, 6.07) is 2.78. The summed E-state index contributed by atoms with van der Waals surface area (Å²) >= 11 is 0. The standard InChI is InChI=1S/C24H33F3N2O5S/c1-15(2)23(8-6-18(11-23)28-19-7-9-34-13-20(19)33-3)22(30)29-12-16-10-17(24(25,26)27)4-5-21(16)35(31,32)14-29/h4-5,10,15,18-20,28H,6-9,11-14H2,1-3H3/t18-,19?,20-,23+/m1/s1. The number of carbonyl (C=O) groups excluding carboxylic acids is 1. The quantitative estimate of drug-likeness (QED) is 0.644. The number of carbonyl (C=O) groups is 1. The first-order chi connectivity index (χ1) is 16.4. The summed E-state index contributed by atoms with van der Waals surface area (Å²) in [5.74, 6) is -0.901. The highest BCUT2D eigenvalue weighted by Crippen LogP contribution is 2.47. The Morgan fingerprint density at radius 2 is 2.03 bits per heavy atom. The molecule has 4 rings (SSSR count). The van der Waals surface area contributed by atoms with E-state index in [9.17, 15) is 26.4 Å². The van der Waals surface area contributed by atoms with Gasteiger partial charge in [0.15, 0.2) is 9.84 Å². The minimum atomic E-state index is -4.60. The average molecular weight is 519 g/mol. The van der Waals surface area contributed by atoms with E-state index in [-0.39, 0.29) is 47.0 Å². The van der Waals surface area contributed by atoms with Crippen molar-refractivity contribution in [2.45, 2.75) is 75.3 Å². The first kappa shape index (κ1) is 26.4. The van der Waals surface area contributed by atoms with Crippen LogP contribution < -0.4 is 5.32 Å². The number of amides is 1. The summed E-state index contributed by atoms with van der Waals surface area (Å²) in [6.45, 7) is 4.86. The molecule has 0 bridgehead atoms. The molecule has 1 aliphatic carbocycles. The van der Waals surface area contributed by atoms with Gasteiger partial charge < -0.3 is 19.7 Å². The average Bonchev–Trinajstić information content (AvgIpc) is 3.22. The number of nitrogens with zero attached hydrogens (tertiary/aromatic N) is 1. The highest BCUT2D eigenvalue weighted by atomic mass is 32.2. The van der Waals surface area contributed by atoms with E-state index in [0.717, 1.165) is 31.0 Å². The normalized spacial score (nSPS) is 30.9. The Labute approximate surface area is 204 Å². The molecule has 1 saturated heterocycles. The number of methoxy groups -OCH3 is 1. The van der Waals surface area contributed by atoms with Gasteiger partial charge in [0.1, 0.15) is 5.88 Å². The van der Waals surface area contributed by atoms with Crippen LogP contribution in [0.15, 0.2) is 23.1 Å². The van der Waals surface area contributed by atoms with E-state index in [2.05, 4.69) is 5.32 Å². The summed E-state index contributed by atoms with van der Waals surface area (Å²) in [6.07, 6.45) is -2.04. The smallest absolute Gasteiger partial charge is 0.379 e. The molecule has 1 aromatic carbocycles. The first-order valence-corrected chi connectivity index (χ1v) is 13.6. The second-order valence-corrected chi connectivity index (χ2v) is 12.2. The maximum absolute atomic E-state index is 13.9. The molecule has 4 atom stereocenters. The van der Waals surface area contributed by atoms with Gasteiger partial charge in [-0.25, -0.2) is 8.42 Å². The molecule has 1 unspecified atom stereocenters. The van der Waals surface area contributed by atoms with Gasteiger partial charge in [-0.2, -0.15) is 13.2 Å². The van der Waals surface area contributed by atoms with Crippen LogP contribution in [0.2, 0.25) is 0 Å². The number of hydrogen-bond acceptors (Lipinski definition) is 6. The lowest BCUT2D eigenvalue weighted by molar-refractivity contribution is -0.144. The van der Waals surface area contributed by atoms with Gasteiger partial charge in [0.25, 0.3) is 0 Å². The summed E-state index contributed by atoms with van der Waals surface area (Å²) in [5.41, 5.74) is -1.70. The largest absolute Gasteiger partial charge is 0.416 e. The molecule has 2 fully saturated rings. The van der Waals surface area contributed by atoms with Crippen molar-refractivity contribution >= 4 is 15.7 Å². The molecule has 0 aromatic heterocycles. The number of ether oxygens (including phenoxy) is 2. The fourth-order valence-electron chi connectivity index (χ4n) is 5.78. The molecule has 2 heterocycles. The summed E-state index contributed by atoms with van der Waals surface area (Å²) in [7, 11) is -2.29. The number of rotatable bonds is 5. The topological polar surface area (TPSA) is 84.9 Å². The Hall–Kier alpha value is -1.69. The lowest BCUT2D eigenvalue weighted by atomic mass is 9.74. The molecule has 3 aliphatic rings. The van der Waals surface area contributed by atoms with E-state index < -0.39 is 32.9 Å². The molecule has 2 aliphatic heterocycles. The van der Waals surface area contributed by atoms with Crippen LogP contribution in [0.3, 0.4) is 0 Å². The van der Waals surface area contributed by atoms with Gasteiger partial charge >= 0.3 is 6.18 Å². The van der Waals surface area contributed by atoms with E-state index in [0.29, 0.717) is 26.1 Å². The van der Waals surface area contributed by atoms with Crippen molar-refractivity contribution in [1.29, 1.82) is 0 Å². The van der Waals surface area contributed by atoms with Crippen molar-refractivity contribution in [2.24, 2.45) is 11.3 Å². The number of fused-ring (bicyclic) bond motifs is 1. The zero-order chi connectivity index (χ0) is 25.6. The Morgan fingerprint density at radius 3 is 2.69 bits per heavy atom. The fourth-order valence-corrected chi connectivity index (χ4v) is 7.33. The first-order valence-electron chi connectivity index (χ1n) is 12.0. The predicted octanol–water partition coefficient (Wildman–Crippen LogP) is 3.37. The summed E-state index contributed by atoms with van der Waals surface area (Å²) < 4.78 is 76.6. The molecule has 35 heavy (non-hydrogen) atoms. The summed E-state index contributed by atoms with van der Waals surface area (Å²) in [4.78, 5) is 15.0. The second-order valence-electron chi connectivity index (χ2n) is 10.2. The SMILES string of the molecule is CO[C@@H]1COCCC1N[C@@H]1CC[C@@](C(=O)N2Cc3cc(C(F)(F)F)ccc3S(=O)(=O)C2)(C(C)C)C1. The van der Waals surface area contributed by atoms with Crippen LogP contribution in [0, 0.1) is 11.3 Å². The molecule has 1 aromatic rings. The zero-order valence-corrected chi connectivity index (χ0v) is 21.0. The van der Waals surface area contributed by atoms with Crippen molar-refractivity contribution in [1.82, 2.24) is 10.2 Å². The fraction of sp³-hybridized carbons (Fsp3) is 0.708. The number of halogens is 3. The number of nitrogens with one attached hydrogen (secondary N) is 1. The molecule has 0 radical (unpaired) electrons. The van der Waals surface area contributed by atoms with Crippen LogP contribution >= 0.6 is 0 Å². The Morgan fingerprint density at radius 1 is 1.29 bits per heavy atom. The van der Waals surface area contributed by atoms with E-state index in [1.807, 2.05) is 13.8 Å². The third-order valence-electron chi connectivity index (χ3n) is 7.83. The molecular formula is C24H33F3N2O5S. The lowest BCUT2D eigenvalue weighted by Gasteiger charge is -2.40. The van der Waals surface area contributed by atoms with Crippen LogP contribution in [-0.4, -0.2) is 63.6 Å². The van der Waals surface area contributed by atoms with E-state index in [1.54, 1.807) is 7.11 Å². The lowest BCUT2D eigenvalue weighted by Crippen LogP contribution is -2.52. The van der Waals surface area contributed by atoms with E-state index in [4.69, 9.17) is 9.47 Å². The number of benzene rings is 1. The zero-order valence-electron chi connectivity index (χ0n) is 20.2. The number of hydrogen-bond donors (Lipinski definition) is 1. The maximum atomic E-state index is 13.9. The van der Waals surface area contributed by atoms with Crippen molar-refractivity contribution in [3.05, 3.63) is 29.3 Å². The highest BCUT2D eigenvalue weighted by molar-refractivity contribution is 7.91. The van der Waals surface area contributed by atoms with Crippen molar-refractivity contribution in [2.75, 3.05) is 26.2 Å². The van der Waals surface area contributed by atoms with E-state index in [1.165, 1.54) is 4.90 Å². The van der Waals surface area contributed by atoms with Crippen molar-refractivity contribution in [3.63, 3.8) is 0 Å². The van der Waals surface area contributed by atoms with Crippen LogP contribution in [0.25, 0.3) is 0 Å². The molecule has 11 heteroatoms. The third kappa shape index (κ3) is 5.10. The molecule has 1 saturated carbocycles.